The lowest BCUT2D eigenvalue weighted by Gasteiger charge is -2.28. The van der Waals surface area contributed by atoms with E-state index >= 15 is 0 Å². The van der Waals surface area contributed by atoms with E-state index in [1.807, 2.05) is 0 Å². The maximum atomic E-state index is 14.0. The van der Waals surface area contributed by atoms with Gasteiger partial charge in [0.25, 0.3) is 11.7 Å². The first-order chi connectivity index (χ1) is 23.8. The molecule has 0 aliphatic carbocycles. The summed E-state index contributed by atoms with van der Waals surface area (Å²) in [5.74, 6) is -5.03. The molecule has 0 unspecified atom stereocenters. The van der Waals surface area contributed by atoms with E-state index in [1.54, 1.807) is 0 Å². The Hall–Kier alpha value is -4.85. The van der Waals surface area contributed by atoms with Crippen molar-refractivity contribution in [2.24, 2.45) is 0 Å². The standard InChI is InChI=1S/C26H24N8O3/c1-15-5-6-19(28-11-15)22(27-3)17-7-9-33(10-8-17)26(36)24(35)18-12-29-23-21(18)20(37-4)13-30-25(23)34-14-31-16(2)32-34/h5-6,11-14,29H,7-10H2,1-2,4H3/i2D3,5D,6D,7D2,8D2,9D2,10D2,11D,14D. The number of hydrogen-bond acceptors (Lipinski definition) is 7. The molecule has 0 radical (unpaired) electrons. The Morgan fingerprint density at radius 3 is 2.78 bits per heavy atom. The molecule has 5 rings (SSSR count). The lowest BCUT2D eigenvalue weighted by molar-refractivity contribution is -0.126. The summed E-state index contributed by atoms with van der Waals surface area (Å²) in [6.45, 7) is -1.74. The fraction of sp³-hybridized carbons (Fsp3) is 0.269. The Bertz CT molecular complexity index is 2240. The first-order valence-electron chi connectivity index (χ1n) is 17.8. The lowest BCUT2D eigenvalue weighted by atomic mass is 9.99. The summed E-state index contributed by atoms with van der Waals surface area (Å²) in [6, 6.07) is -1.48. The van der Waals surface area contributed by atoms with Crippen LogP contribution >= 0.6 is 0 Å². The molecule has 37 heavy (non-hydrogen) atoms. The number of aromatic nitrogens is 6. The van der Waals surface area contributed by atoms with E-state index < -0.39 is 102 Å². The van der Waals surface area contributed by atoms with Crippen LogP contribution in [0.3, 0.4) is 0 Å². The van der Waals surface area contributed by atoms with Crippen molar-refractivity contribution >= 4 is 28.3 Å². The SMILES string of the molecule is [2H]c1nc(C([N+]#[C-])=C2C([2H])([2H])C([2H])([2H])N(C(=O)C(=O)c3c[nH]c4c(-n5nc(C([2H])([2H])[2H])nc5[2H])ncc(OC)c34)C([2H])([2H])C2([2H])[2H])c([2H])c([2H])c1C. The number of Topliss-reactive ketones (excluding diaryl/α,β-unsaturated/α-hetero) is 1. The summed E-state index contributed by atoms with van der Waals surface area (Å²) in [5.41, 5.74) is -4.58. The van der Waals surface area contributed by atoms with Gasteiger partial charge in [0.2, 0.25) is 5.70 Å². The number of methoxy groups -OCH3 is 1. The van der Waals surface area contributed by atoms with E-state index in [2.05, 4.69) is 29.9 Å². The van der Waals surface area contributed by atoms with E-state index in [4.69, 9.17) is 31.9 Å². The van der Waals surface area contributed by atoms with Crippen LogP contribution in [0.15, 0.2) is 42.5 Å². The highest BCUT2D eigenvalue weighted by Gasteiger charge is 2.30. The van der Waals surface area contributed by atoms with Crippen LogP contribution in [0.4, 0.5) is 0 Å². The number of hydrogen-bond donors (Lipinski definition) is 1. The quantitative estimate of drug-likeness (QED) is 0.248. The summed E-state index contributed by atoms with van der Waals surface area (Å²) >= 11 is 0. The minimum atomic E-state index is -3.95. The van der Waals surface area contributed by atoms with Crippen LogP contribution in [0, 0.1) is 20.3 Å². The monoisotopic (exact) mass is 511 g/mol. The van der Waals surface area contributed by atoms with Crippen molar-refractivity contribution < 1.29 is 34.9 Å². The number of piperidine rings is 1. The molecule has 4 aromatic heterocycles. The van der Waals surface area contributed by atoms with Crippen molar-refractivity contribution in [3.8, 4) is 11.6 Å². The third-order valence-electron chi connectivity index (χ3n) is 5.02. The molecule has 4 aromatic rings. The third kappa shape index (κ3) is 4.33. The lowest BCUT2D eigenvalue weighted by Crippen LogP contribution is -2.40. The second-order valence-corrected chi connectivity index (χ2v) is 7.28. The van der Waals surface area contributed by atoms with Crippen molar-refractivity contribution in [1.29, 1.82) is 0 Å². The normalized spacial score (nSPS) is 25.2. The van der Waals surface area contributed by atoms with Crippen LogP contribution in [0.5, 0.6) is 5.75 Å². The molecule has 0 atom stereocenters. The van der Waals surface area contributed by atoms with Gasteiger partial charge in [0.1, 0.15) is 19.2 Å². The van der Waals surface area contributed by atoms with Crippen molar-refractivity contribution in [2.75, 3.05) is 20.1 Å². The molecule has 186 valence electrons. The van der Waals surface area contributed by atoms with E-state index in [0.29, 0.717) is 4.68 Å². The van der Waals surface area contributed by atoms with Crippen LogP contribution in [0.1, 0.15) is 60.7 Å². The molecule has 11 heteroatoms. The largest absolute Gasteiger partial charge is 0.494 e. The molecule has 1 fully saturated rings. The zero-order chi connectivity index (χ0) is 39.3. The highest BCUT2D eigenvalue weighted by Crippen LogP contribution is 2.32. The summed E-state index contributed by atoms with van der Waals surface area (Å²) in [7, 11) is 1.14. The number of aryl methyl sites for hydroxylation is 1. The number of aromatic amines is 1. The number of ether oxygens (including phenoxy) is 1. The first kappa shape index (κ1) is 11.9. The molecule has 1 aliphatic heterocycles. The average Bonchev–Trinajstić information content (AvgIpc) is 3.67. The van der Waals surface area contributed by atoms with E-state index in [-0.39, 0.29) is 28.0 Å². The molecule has 1 N–H and O–H groups in total. The Kier molecular flexibility index (Phi) is 3.11. The molecular weight excluding hydrogens is 472 g/mol. The number of carbonyl (C=O) groups excluding carboxylic acids is 2. The van der Waals surface area contributed by atoms with Gasteiger partial charge in [-0.2, -0.15) is 5.10 Å². The minimum Gasteiger partial charge on any atom is -0.494 e. The Labute approximate surface area is 233 Å². The molecule has 1 amide bonds. The predicted octanol–water partition coefficient (Wildman–Crippen LogP) is 3.30. The van der Waals surface area contributed by atoms with Gasteiger partial charge in [-0.1, -0.05) is 11.6 Å². The van der Waals surface area contributed by atoms with Gasteiger partial charge in [-0.3, -0.25) is 14.6 Å². The second kappa shape index (κ2) is 9.66. The maximum absolute atomic E-state index is 14.0. The number of carbonyl (C=O) groups is 2. The number of likely N-dealkylation sites (tertiary alicyclic amines) is 1. The topological polar surface area (TPSA) is 123 Å². The van der Waals surface area contributed by atoms with Gasteiger partial charge >= 0.3 is 0 Å². The summed E-state index contributed by atoms with van der Waals surface area (Å²) in [5, 5.41) is 3.51. The van der Waals surface area contributed by atoms with Crippen molar-refractivity contribution in [2.45, 2.75) is 26.5 Å². The summed E-state index contributed by atoms with van der Waals surface area (Å²) < 4.78 is 131. The number of H-pyrrole nitrogens is 1. The predicted molar refractivity (Wildman–Crippen MR) is 135 cm³/mol. The molecule has 0 spiro atoms. The number of amides is 1. The number of pyridine rings is 2. The van der Waals surface area contributed by atoms with Crippen LogP contribution in [0.2, 0.25) is 0 Å². The maximum Gasteiger partial charge on any atom is 0.295 e. The van der Waals surface area contributed by atoms with Crippen LogP contribution in [-0.4, -0.2) is 66.4 Å². The number of nitrogens with one attached hydrogen (secondary N) is 1. The number of fused-ring (bicyclic) bond motifs is 1. The molecule has 0 saturated carbocycles. The minimum absolute atomic E-state index is 0.114. The molecule has 0 bridgehead atoms. The zero-order valence-electron chi connectivity index (χ0n) is 34.0. The van der Waals surface area contributed by atoms with E-state index in [1.165, 1.54) is 6.92 Å². The van der Waals surface area contributed by atoms with Crippen molar-refractivity contribution in [3.05, 3.63) is 76.6 Å². The molecular formula is C26H24N8O3. The van der Waals surface area contributed by atoms with E-state index in [0.717, 1.165) is 19.5 Å². The summed E-state index contributed by atoms with van der Waals surface area (Å²) in [4.78, 5) is 44.4. The van der Waals surface area contributed by atoms with Gasteiger partial charge in [0.05, 0.1) is 46.2 Å². The van der Waals surface area contributed by atoms with Crippen LogP contribution in [-0.2, 0) is 4.79 Å². The van der Waals surface area contributed by atoms with E-state index in [9.17, 15) is 9.59 Å². The van der Waals surface area contributed by atoms with Crippen LogP contribution in [0.25, 0.3) is 27.3 Å². The van der Waals surface area contributed by atoms with Crippen molar-refractivity contribution in [1.82, 2.24) is 34.6 Å². The fourth-order valence-electron chi connectivity index (χ4n) is 3.34. The number of rotatable bonds is 5. The summed E-state index contributed by atoms with van der Waals surface area (Å²) in [6.07, 6.45) is -7.09. The van der Waals surface area contributed by atoms with Crippen LogP contribution < -0.4 is 4.74 Å². The highest BCUT2D eigenvalue weighted by molar-refractivity contribution is 6.45. The molecule has 1 saturated heterocycles. The highest BCUT2D eigenvalue weighted by atomic mass is 16.5. The van der Waals surface area contributed by atoms with Gasteiger partial charge in [-0.05, 0) is 38.1 Å². The third-order valence-corrected chi connectivity index (χ3v) is 5.02. The molecule has 5 heterocycles. The Morgan fingerprint density at radius 2 is 2.08 bits per heavy atom. The zero-order valence-corrected chi connectivity index (χ0v) is 19.0. The molecule has 1 aliphatic rings. The van der Waals surface area contributed by atoms with Gasteiger partial charge < -0.3 is 14.6 Å². The average molecular weight is 512 g/mol. The van der Waals surface area contributed by atoms with Gasteiger partial charge in [-0.15, -0.1) is 0 Å². The Morgan fingerprint density at radius 1 is 1.27 bits per heavy atom. The fourth-order valence-corrected chi connectivity index (χ4v) is 3.34. The van der Waals surface area contributed by atoms with Gasteiger partial charge in [-0.25, -0.2) is 19.5 Å². The first-order valence-corrected chi connectivity index (χ1v) is 10.3. The molecule has 11 nitrogen and oxygen atoms in total. The Balaban J connectivity index is 1.70. The van der Waals surface area contributed by atoms with Gasteiger partial charge in [0.15, 0.2) is 5.82 Å². The second-order valence-electron chi connectivity index (χ2n) is 7.28. The number of nitrogens with zero attached hydrogens (tertiary/aromatic N) is 7. The smallest absolute Gasteiger partial charge is 0.295 e. The van der Waals surface area contributed by atoms with Crippen molar-refractivity contribution in [3.63, 3.8) is 0 Å². The number of ketones is 1. The molecule has 0 aromatic carbocycles. The van der Waals surface area contributed by atoms with Gasteiger partial charge in [0, 0.05) is 40.4 Å².